The van der Waals surface area contributed by atoms with Gasteiger partial charge in [-0.2, -0.15) is 5.26 Å². The zero-order chi connectivity index (χ0) is 24.2. The summed E-state index contributed by atoms with van der Waals surface area (Å²) in [7, 11) is 1.59. The molecule has 8 heteroatoms. The highest BCUT2D eigenvalue weighted by Gasteiger charge is 2.12. The number of nitriles is 1. The van der Waals surface area contributed by atoms with Gasteiger partial charge in [0.25, 0.3) is 5.91 Å². The van der Waals surface area contributed by atoms with Crippen LogP contribution in [0.3, 0.4) is 0 Å². The molecule has 1 heterocycles. The van der Waals surface area contributed by atoms with Gasteiger partial charge in [0.15, 0.2) is 23.0 Å². The molecule has 2 aromatic carbocycles. The van der Waals surface area contributed by atoms with Gasteiger partial charge in [0.2, 0.25) is 0 Å². The fourth-order valence-electron chi connectivity index (χ4n) is 3.03. The van der Waals surface area contributed by atoms with Crippen LogP contribution in [-0.4, -0.2) is 32.8 Å². The summed E-state index contributed by atoms with van der Waals surface area (Å²) in [4.78, 5) is 13.4. The molecule has 0 radical (unpaired) electrons. The molecule has 34 heavy (non-hydrogen) atoms. The molecule has 0 bridgehead atoms. The van der Waals surface area contributed by atoms with Gasteiger partial charge in [-0.05, 0) is 54.3 Å². The lowest BCUT2D eigenvalue weighted by Crippen LogP contribution is -2.23. The molecule has 176 valence electrons. The minimum atomic E-state index is -0.428. The largest absolute Gasteiger partial charge is 0.493 e. The molecule has 0 saturated carbocycles. The van der Waals surface area contributed by atoms with Gasteiger partial charge in [0, 0.05) is 4.88 Å². The zero-order valence-electron chi connectivity index (χ0n) is 19.1. The van der Waals surface area contributed by atoms with Crippen LogP contribution in [-0.2, 0) is 11.3 Å². The van der Waals surface area contributed by atoms with Crippen LogP contribution in [0.25, 0.3) is 6.08 Å². The first-order valence-electron chi connectivity index (χ1n) is 10.7. The average Bonchev–Trinajstić information content (AvgIpc) is 3.39. The lowest BCUT2D eigenvalue weighted by molar-refractivity contribution is -0.117. The van der Waals surface area contributed by atoms with Crippen LogP contribution >= 0.6 is 11.3 Å². The highest BCUT2D eigenvalue weighted by Crippen LogP contribution is 2.30. The molecule has 1 N–H and O–H groups in total. The van der Waals surface area contributed by atoms with Crippen LogP contribution in [0.2, 0.25) is 0 Å². The van der Waals surface area contributed by atoms with Crippen molar-refractivity contribution >= 4 is 23.3 Å². The van der Waals surface area contributed by atoms with Crippen molar-refractivity contribution in [1.29, 1.82) is 5.26 Å². The molecule has 1 aromatic heterocycles. The number of thiophene rings is 1. The molecular formula is C26H26N2O5S. The second kappa shape index (κ2) is 12.9. The van der Waals surface area contributed by atoms with Gasteiger partial charge in [-0.1, -0.05) is 24.3 Å². The number of nitrogens with one attached hydrogen (secondary N) is 1. The monoisotopic (exact) mass is 478 g/mol. The van der Waals surface area contributed by atoms with Crippen molar-refractivity contribution < 1.29 is 23.7 Å². The Balaban J connectivity index is 1.63. The lowest BCUT2D eigenvalue weighted by atomic mass is 10.1. The molecule has 1 amide bonds. The average molecular weight is 479 g/mol. The number of nitrogens with zero attached hydrogens (tertiary/aromatic N) is 1. The Kier molecular flexibility index (Phi) is 9.38. The van der Waals surface area contributed by atoms with Crippen LogP contribution in [0.15, 0.2) is 65.6 Å². The van der Waals surface area contributed by atoms with E-state index in [1.165, 1.54) is 6.08 Å². The van der Waals surface area contributed by atoms with Gasteiger partial charge in [-0.3, -0.25) is 4.79 Å². The van der Waals surface area contributed by atoms with Crippen molar-refractivity contribution in [2.45, 2.75) is 13.5 Å². The zero-order valence-corrected chi connectivity index (χ0v) is 19.9. The predicted molar refractivity (Wildman–Crippen MR) is 131 cm³/mol. The van der Waals surface area contributed by atoms with Gasteiger partial charge in [-0.15, -0.1) is 11.3 Å². The topological polar surface area (TPSA) is 89.8 Å². The normalized spacial score (nSPS) is 10.8. The number of carbonyl (C=O) groups excluding carboxylic acids is 1. The van der Waals surface area contributed by atoms with Crippen LogP contribution in [0.1, 0.15) is 17.4 Å². The van der Waals surface area contributed by atoms with Crippen LogP contribution in [0.5, 0.6) is 23.0 Å². The number of ether oxygens (including phenoxy) is 4. The summed E-state index contributed by atoms with van der Waals surface area (Å²) in [6.07, 6.45) is 1.53. The summed E-state index contributed by atoms with van der Waals surface area (Å²) in [6.45, 7) is 3.30. The molecule has 0 aliphatic rings. The van der Waals surface area contributed by atoms with Gasteiger partial charge in [0.1, 0.15) is 24.9 Å². The number of carbonyl (C=O) groups is 1. The summed E-state index contributed by atoms with van der Waals surface area (Å²) >= 11 is 1.54. The molecule has 0 saturated heterocycles. The van der Waals surface area contributed by atoms with E-state index in [9.17, 15) is 10.1 Å². The van der Waals surface area contributed by atoms with Crippen LogP contribution < -0.4 is 24.3 Å². The van der Waals surface area contributed by atoms with Crippen LogP contribution in [0.4, 0.5) is 0 Å². The van der Waals surface area contributed by atoms with E-state index in [0.29, 0.717) is 54.9 Å². The van der Waals surface area contributed by atoms with Crippen LogP contribution in [0, 0.1) is 11.3 Å². The molecule has 0 atom stereocenters. The molecular weight excluding hydrogens is 452 g/mol. The Morgan fingerprint density at radius 3 is 2.38 bits per heavy atom. The summed E-state index contributed by atoms with van der Waals surface area (Å²) in [5, 5.41) is 14.2. The highest BCUT2D eigenvalue weighted by molar-refractivity contribution is 7.09. The fourth-order valence-corrected chi connectivity index (χ4v) is 3.68. The van der Waals surface area contributed by atoms with Crippen molar-refractivity contribution in [2.24, 2.45) is 0 Å². The maximum absolute atomic E-state index is 12.4. The van der Waals surface area contributed by atoms with Crippen molar-refractivity contribution in [3.63, 3.8) is 0 Å². The first-order valence-corrected chi connectivity index (χ1v) is 11.6. The first kappa shape index (κ1) is 24.7. The maximum atomic E-state index is 12.4. The summed E-state index contributed by atoms with van der Waals surface area (Å²) < 4.78 is 22.6. The van der Waals surface area contributed by atoms with E-state index in [1.807, 2.05) is 54.8 Å². The third-order valence-electron chi connectivity index (χ3n) is 4.61. The quantitative estimate of drug-likeness (QED) is 0.228. The van der Waals surface area contributed by atoms with Gasteiger partial charge < -0.3 is 24.3 Å². The van der Waals surface area contributed by atoms with Crippen molar-refractivity contribution in [3.05, 3.63) is 76.0 Å². The van der Waals surface area contributed by atoms with Crippen molar-refractivity contribution in [1.82, 2.24) is 5.32 Å². The number of rotatable bonds is 12. The van der Waals surface area contributed by atoms with E-state index >= 15 is 0 Å². The van der Waals surface area contributed by atoms with E-state index in [0.717, 1.165) is 4.88 Å². The molecule has 3 aromatic rings. The Morgan fingerprint density at radius 2 is 1.74 bits per heavy atom. The van der Waals surface area contributed by atoms with Gasteiger partial charge in [-0.25, -0.2) is 0 Å². The van der Waals surface area contributed by atoms with E-state index in [-0.39, 0.29) is 5.57 Å². The third-order valence-corrected chi connectivity index (χ3v) is 5.49. The SMILES string of the molecule is CCOc1cc(/C=C(\C#N)C(=O)NCc2cccs2)ccc1OCCOc1ccccc1OC. The second-order valence-corrected chi connectivity index (χ2v) is 7.95. The fraction of sp³-hybridized carbons (Fsp3) is 0.231. The molecule has 0 fully saturated rings. The lowest BCUT2D eigenvalue weighted by Gasteiger charge is -2.14. The molecule has 0 aliphatic heterocycles. The van der Waals surface area contributed by atoms with E-state index < -0.39 is 5.91 Å². The molecule has 7 nitrogen and oxygen atoms in total. The summed E-state index contributed by atoms with van der Waals surface area (Å²) in [5.41, 5.74) is 0.668. The van der Waals surface area contributed by atoms with Gasteiger partial charge >= 0.3 is 0 Å². The number of hydrogen-bond donors (Lipinski definition) is 1. The molecule has 3 rings (SSSR count). The highest BCUT2D eigenvalue weighted by atomic mass is 32.1. The smallest absolute Gasteiger partial charge is 0.262 e. The minimum Gasteiger partial charge on any atom is -0.493 e. The number of hydrogen-bond acceptors (Lipinski definition) is 7. The minimum absolute atomic E-state index is 0.0119. The molecule has 0 spiro atoms. The van der Waals surface area contributed by atoms with Crippen molar-refractivity contribution in [2.75, 3.05) is 26.9 Å². The van der Waals surface area contributed by atoms with Gasteiger partial charge in [0.05, 0.1) is 20.3 Å². The standard InChI is InChI=1S/C26H26N2O5S/c1-3-31-25-16-19(15-20(17-27)26(29)28-18-21-7-6-14-34-21)10-11-24(25)33-13-12-32-23-9-5-4-8-22(23)30-2/h4-11,14-16H,3,12-13,18H2,1-2H3,(H,28,29)/b20-15+. The molecule has 0 unspecified atom stereocenters. The predicted octanol–water partition coefficient (Wildman–Crippen LogP) is 4.84. The number of methoxy groups -OCH3 is 1. The van der Waals surface area contributed by atoms with Crippen molar-refractivity contribution in [3.8, 4) is 29.1 Å². The summed E-state index contributed by atoms with van der Waals surface area (Å²) in [6, 6.07) is 18.5. The number of amides is 1. The van der Waals surface area contributed by atoms with E-state index in [2.05, 4.69) is 5.32 Å². The second-order valence-electron chi connectivity index (χ2n) is 6.92. The molecule has 0 aliphatic carbocycles. The third kappa shape index (κ3) is 7.02. The maximum Gasteiger partial charge on any atom is 0.262 e. The number of para-hydroxylation sites is 2. The van der Waals surface area contributed by atoms with E-state index in [1.54, 1.807) is 36.6 Å². The Morgan fingerprint density at radius 1 is 1.00 bits per heavy atom. The van der Waals surface area contributed by atoms with E-state index in [4.69, 9.17) is 18.9 Å². The Hall–Kier alpha value is -3.96. The summed E-state index contributed by atoms with van der Waals surface area (Å²) in [5.74, 6) is 1.93. The Labute approximate surface area is 203 Å². The number of benzene rings is 2. The first-order chi connectivity index (χ1) is 16.6. The Bertz CT molecular complexity index is 1150.